The van der Waals surface area contributed by atoms with Crippen molar-refractivity contribution in [1.29, 1.82) is 0 Å². The Kier molecular flexibility index (Phi) is 4.41. The number of aryl methyl sites for hydroxylation is 1. The van der Waals surface area contributed by atoms with Crippen molar-refractivity contribution >= 4 is 0 Å². The van der Waals surface area contributed by atoms with E-state index in [1.54, 1.807) is 10.9 Å². The van der Waals surface area contributed by atoms with Gasteiger partial charge in [0.25, 0.3) is 0 Å². The molecule has 3 heterocycles. The average molecular weight is 333 g/mol. The maximum absolute atomic E-state index is 12.8. The molecule has 8 heteroatoms. The van der Waals surface area contributed by atoms with Crippen molar-refractivity contribution in [3.8, 4) is 0 Å². The quantitative estimate of drug-likeness (QED) is 0.918. The van der Waals surface area contributed by atoms with Gasteiger partial charge in [-0.25, -0.2) is 0 Å². The molecular weight excluding hydrogens is 311 g/mol. The number of halogens is 3. The van der Waals surface area contributed by atoms with Crippen molar-refractivity contribution in [2.45, 2.75) is 37.1 Å². The summed E-state index contributed by atoms with van der Waals surface area (Å²) >= 11 is 0. The van der Waals surface area contributed by atoms with Crippen LogP contribution in [0.25, 0.3) is 0 Å². The molecule has 0 spiro atoms. The number of piperidine rings is 1. The summed E-state index contributed by atoms with van der Waals surface area (Å²) in [6.07, 6.45) is -0.535. The van der Waals surface area contributed by atoms with E-state index < -0.39 is 11.8 Å². The SMILES string of the molecule is Cn1cc([C@H]2OCC[C@@H]2CN2CCC(O)(C(F)(F)F)CC2)cn1. The van der Waals surface area contributed by atoms with Gasteiger partial charge in [0.05, 0.1) is 12.3 Å². The van der Waals surface area contributed by atoms with Crippen LogP contribution in [0.1, 0.15) is 30.9 Å². The third-order valence-electron chi connectivity index (χ3n) is 4.97. The monoisotopic (exact) mass is 333 g/mol. The van der Waals surface area contributed by atoms with Crippen LogP contribution in [0.5, 0.6) is 0 Å². The van der Waals surface area contributed by atoms with E-state index in [1.807, 2.05) is 18.1 Å². The molecule has 0 radical (unpaired) electrons. The van der Waals surface area contributed by atoms with Crippen LogP contribution in [0, 0.1) is 5.92 Å². The molecule has 2 fully saturated rings. The number of aromatic nitrogens is 2. The highest BCUT2D eigenvalue weighted by atomic mass is 19.4. The van der Waals surface area contributed by atoms with Crippen molar-refractivity contribution in [2.24, 2.45) is 13.0 Å². The van der Waals surface area contributed by atoms with Crippen molar-refractivity contribution in [3.63, 3.8) is 0 Å². The van der Waals surface area contributed by atoms with Gasteiger partial charge in [-0.15, -0.1) is 0 Å². The molecule has 130 valence electrons. The first-order chi connectivity index (χ1) is 10.8. The maximum Gasteiger partial charge on any atom is 0.417 e. The molecule has 0 unspecified atom stereocenters. The Bertz CT molecular complexity index is 538. The predicted octanol–water partition coefficient (Wildman–Crippen LogP) is 1.89. The molecule has 0 amide bonds. The van der Waals surface area contributed by atoms with Crippen molar-refractivity contribution in [2.75, 3.05) is 26.2 Å². The van der Waals surface area contributed by atoms with E-state index in [4.69, 9.17) is 4.74 Å². The van der Waals surface area contributed by atoms with E-state index in [0.29, 0.717) is 13.2 Å². The molecule has 0 bridgehead atoms. The molecule has 5 nitrogen and oxygen atoms in total. The van der Waals surface area contributed by atoms with E-state index in [1.165, 1.54) is 0 Å². The molecule has 0 aromatic carbocycles. The number of ether oxygens (including phenoxy) is 1. The zero-order valence-electron chi connectivity index (χ0n) is 13.1. The number of alkyl halides is 3. The molecule has 0 saturated carbocycles. The highest BCUT2D eigenvalue weighted by Crippen LogP contribution is 2.40. The standard InChI is InChI=1S/C15H22F3N3O2/c1-20-9-12(8-19-20)13-11(2-7-23-13)10-21-5-3-14(22,4-6-21)15(16,17)18/h8-9,11,13,22H,2-7,10H2,1H3/t11-,13+/m1/s1. The van der Waals surface area contributed by atoms with Gasteiger partial charge in [-0.2, -0.15) is 18.3 Å². The summed E-state index contributed by atoms with van der Waals surface area (Å²) in [5, 5.41) is 13.9. The molecular formula is C15H22F3N3O2. The molecule has 1 aromatic rings. The maximum atomic E-state index is 12.8. The van der Waals surface area contributed by atoms with Crippen LogP contribution in [0.2, 0.25) is 0 Å². The number of rotatable bonds is 3. The minimum absolute atomic E-state index is 0.0490. The second-order valence-corrected chi connectivity index (χ2v) is 6.62. The van der Waals surface area contributed by atoms with Crippen LogP contribution in [-0.2, 0) is 11.8 Å². The zero-order chi connectivity index (χ0) is 16.7. The predicted molar refractivity (Wildman–Crippen MR) is 76.7 cm³/mol. The Morgan fingerprint density at radius 1 is 1.39 bits per heavy atom. The Morgan fingerprint density at radius 2 is 2.09 bits per heavy atom. The topological polar surface area (TPSA) is 50.5 Å². The first-order valence-corrected chi connectivity index (χ1v) is 7.90. The second-order valence-electron chi connectivity index (χ2n) is 6.62. The molecule has 2 aliphatic heterocycles. The molecule has 23 heavy (non-hydrogen) atoms. The lowest BCUT2D eigenvalue weighted by Crippen LogP contribution is -2.53. The number of nitrogens with zero attached hydrogens (tertiary/aromatic N) is 3. The minimum atomic E-state index is -4.55. The van der Waals surface area contributed by atoms with E-state index in [0.717, 1.165) is 12.0 Å². The first-order valence-electron chi connectivity index (χ1n) is 7.90. The average Bonchev–Trinajstić information content (AvgIpc) is 3.09. The lowest BCUT2D eigenvalue weighted by atomic mass is 9.89. The third-order valence-corrected chi connectivity index (χ3v) is 4.97. The Hall–Kier alpha value is -1.12. The van der Waals surface area contributed by atoms with Gasteiger partial charge in [-0.1, -0.05) is 0 Å². The number of likely N-dealkylation sites (tertiary alicyclic amines) is 1. The number of hydrogen-bond acceptors (Lipinski definition) is 4. The van der Waals surface area contributed by atoms with E-state index >= 15 is 0 Å². The number of hydrogen-bond donors (Lipinski definition) is 1. The third kappa shape index (κ3) is 3.39. The van der Waals surface area contributed by atoms with Crippen molar-refractivity contribution in [1.82, 2.24) is 14.7 Å². The van der Waals surface area contributed by atoms with Crippen LogP contribution >= 0.6 is 0 Å². The molecule has 1 aromatic heterocycles. The minimum Gasteiger partial charge on any atom is -0.380 e. The fourth-order valence-corrected chi connectivity index (χ4v) is 3.50. The van der Waals surface area contributed by atoms with Crippen LogP contribution in [-0.4, -0.2) is 57.8 Å². The van der Waals surface area contributed by atoms with Crippen LogP contribution in [0.15, 0.2) is 12.4 Å². The number of aliphatic hydroxyl groups is 1. The lowest BCUT2D eigenvalue weighted by Gasteiger charge is -2.40. The lowest BCUT2D eigenvalue weighted by molar-refractivity contribution is -0.272. The summed E-state index contributed by atoms with van der Waals surface area (Å²) in [6.45, 7) is 1.86. The van der Waals surface area contributed by atoms with Gasteiger partial charge in [-0.05, 0) is 19.3 Å². The van der Waals surface area contributed by atoms with Gasteiger partial charge in [0.2, 0.25) is 0 Å². The molecule has 2 atom stereocenters. The van der Waals surface area contributed by atoms with Gasteiger partial charge < -0.3 is 14.7 Å². The summed E-state index contributed by atoms with van der Waals surface area (Å²) in [5.41, 5.74) is -1.52. The molecule has 2 saturated heterocycles. The van der Waals surface area contributed by atoms with Crippen molar-refractivity contribution < 1.29 is 23.0 Å². The molecule has 2 aliphatic rings. The fraction of sp³-hybridized carbons (Fsp3) is 0.800. The van der Waals surface area contributed by atoms with E-state index in [2.05, 4.69) is 5.10 Å². The van der Waals surface area contributed by atoms with Gasteiger partial charge >= 0.3 is 6.18 Å². The van der Waals surface area contributed by atoms with Gasteiger partial charge in [0, 0.05) is 51.0 Å². The van der Waals surface area contributed by atoms with Gasteiger partial charge in [0.1, 0.15) is 0 Å². The summed E-state index contributed by atoms with van der Waals surface area (Å²) < 4.78 is 46.0. The molecule has 3 rings (SSSR count). The van der Waals surface area contributed by atoms with Crippen LogP contribution < -0.4 is 0 Å². The normalized spacial score (nSPS) is 29.1. The van der Waals surface area contributed by atoms with E-state index in [9.17, 15) is 18.3 Å². The summed E-state index contributed by atoms with van der Waals surface area (Å²) in [7, 11) is 1.84. The Balaban J connectivity index is 1.58. The fourth-order valence-electron chi connectivity index (χ4n) is 3.50. The largest absolute Gasteiger partial charge is 0.417 e. The summed E-state index contributed by atoms with van der Waals surface area (Å²) in [4.78, 5) is 2.00. The Labute approximate surface area is 133 Å². The highest BCUT2D eigenvalue weighted by Gasteiger charge is 2.54. The smallest absolute Gasteiger partial charge is 0.380 e. The highest BCUT2D eigenvalue weighted by molar-refractivity contribution is 5.11. The molecule has 1 N–H and O–H groups in total. The van der Waals surface area contributed by atoms with Gasteiger partial charge in [0.15, 0.2) is 5.60 Å². The van der Waals surface area contributed by atoms with Crippen molar-refractivity contribution in [3.05, 3.63) is 18.0 Å². The second kappa shape index (κ2) is 6.07. The Morgan fingerprint density at radius 3 is 2.65 bits per heavy atom. The molecule has 0 aliphatic carbocycles. The summed E-state index contributed by atoms with van der Waals surface area (Å²) in [5.74, 6) is 0.247. The first kappa shape index (κ1) is 16.7. The van der Waals surface area contributed by atoms with E-state index in [-0.39, 0.29) is 38.0 Å². The zero-order valence-corrected chi connectivity index (χ0v) is 13.1. The van der Waals surface area contributed by atoms with Crippen LogP contribution in [0.3, 0.4) is 0 Å². The van der Waals surface area contributed by atoms with Gasteiger partial charge in [-0.3, -0.25) is 4.68 Å². The van der Waals surface area contributed by atoms with Crippen LogP contribution in [0.4, 0.5) is 13.2 Å². The summed E-state index contributed by atoms with van der Waals surface area (Å²) in [6, 6.07) is 0.